The quantitative estimate of drug-likeness (QED) is 0.743. The summed E-state index contributed by atoms with van der Waals surface area (Å²) < 4.78 is 39.1. The summed E-state index contributed by atoms with van der Waals surface area (Å²) in [6, 6.07) is 6.13. The van der Waals surface area contributed by atoms with Gasteiger partial charge in [-0.05, 0) is 24.8 Å². The molecule has 146 valence electrons. The zero-order valence-electron chi connectivity index (χ0n) is 16.0. The van der Waals surface area contributed by atoms with E-state index < -0.39 is 10.2 Å². The standard InChI is InChI=1S/C18H29N3O4S/c1-19(2)26(22,23)21-11-14-8-9-16(13-21)20(10-14)12-15-6-5-7-17(24-3)18(15)25-4/h5-7,14,16H,8-13H2,1-4H3/t14-,16-/m0/s1. The van der Waals surface area contributed by atoms with Crippen LogP contribution in [0.1, 0.15) is 18.4 Å². The summed E-state index contributed by atoms with van der Waals surface area (Å²) in [5, 5.41) is 0. The predicted molar refractivity (Wildman–Crippen MR) is 101 cm³/mol. The average molecular weight is 384 g/mol. The van der Waals surface area contributed by atoms with Crippen molar-refractivity contribution in [2.75, 3.05) is 47.9 Å². The van der Waals surface area contributed by atoms with Crippen molar-refractivity contribution in [1.82, 2.24) is 13.5 Å². The summed E-state index contributed by atoms with van der Waals surface area (Å²) in [4.78, 5) is 2.40. The third-order valence-corrected chi connectivity index (χ3v) is 7.31. The lowest BCUT2D eigenvalue weighted by Crippen LogP contribution is -2.45. The van der Waals surface area contributed by atoms with E-state index in [-0.39, 0.29) is 6.04 Å². The molecule has 3 heterocycles. The number of hydrogen-bond acceptors (Lipinski definition) is 5. The van der Waals surface area contributed by atoms with Gasteiger partial charge >= 0.3 is 0 Å². The molecule has 0 aromatic heterocycles. The van der Waals surface area contributed by atoms with E-state index in [2.05, 4.69) is 4.90 Å². The monoisotopic (exact) mass is 383 g/mol. The zero-order valence-corrected chi connectivity index (χ0v) is 16.8. The van der Waals surface area contributed by atoms with Crippen LogP contribution >= 0.6 is 0 Å². The Morgan fingerprint density at radius 2 is 1.88 bits per heavy atom. The Hall–Kier alpha value is -1.35. The van der Waals surface area contributed by atoms with E-state index in [9.17, 15) is 8.42 Å². The number of fused-ring (bicyclic) bond motifs is 4. The van der Waals surface area contributed by atoms with Crippen LogP contribution in [-0.4, -0.2) is 75.9 Å². The number of ether oxygens (including phenoxy) is 2. The van der Waals surface area contributed by atoms with Gasteiger partial charge in [0.1, 0.15) is 0 Å². The molecule has 0 saturated carbocycles. The molecule has 0 radical (unpaired) electrons. The topological polar surface area (TPSA) is 62.3 Å². The molecule has 1 aromatic carbocycles. The molecule has 3 saturated heterocycles. The Morgan fingerprint density at radius 1 is 1.12 bits per heavy atom. The third kappa shape index (κ3) is 3.69. The van der Waals surface area contributed by atoms with Crippen LogP contribution in [0, 0.1) is 5.92 Å². The number of hydrogen-bond donors (Lipinski definition) is 0. The summed E-state index contributed by atoms with van der Waals surface area (Å²) in [5.41, 5.74) is 1.07. The number of rotatable bonds is 6. The average Bonchev–Trinajstić information content (AvgIpc) is 2.93. The van der Waals surface area contributed by atoms with E-state index in [1.807, 2.05) is 18.2 Å². The van der Waals surface area contributed by atoms with Gasteiger partial charge in [-0.2, -0.15) is 17.0 Å². The van der Waals surface area contributed by atoms with Crippen molar-refractivity contribution in [2.45, 2.75) is 25.4 Å². The van der Waals surface area contributed by atoms with Crippen LogP contribution in [0.5, 0.6) is 11.5 Å². The van der Waals surface area contributed by atoms with Crippen LogP contribution in [-0.2, 0) is 16.8 Å². The van der Waals surface area contributed by atoms with Crippen LogP contribution in [0.15, 0.2) is 18.2 Å². The van der Waals surface area contributed by atoms with E-state index in [0.29, 0.717) is 19.0 Å². The van der Waals surface area contributed by atoms with Gasteiger partial charge in [-0.3, -0.25) is 4.90 Å². The summed E-state index contributed by atoms with van der Waals surface area (Å²) >= 11 is 0. The van der Waals surface area contributed by atoms with Gasteiger partial charge in [0.05, 0.1) is 14.2 Å². The molecule has 2 bridgehead atoms. The van der Waals surface area contributed by atoms with Gasteiger partial charge in [0.25, 0.3) is 10.2 Å². The predicted octanol–water partition coefficient (Wildman–Crippen LogP) is 1.41. The fourth-order valence-corrected chi connectivity index (χ4v) is 5.27. The lowest BCUT2D eigenvalue weighted by atomic mass is 9.94. The molecule has 0 amide bonds. The molecule has 7 nitrogen and oxygen atoms in total. The molecule has 0 N–H and O–H groups in total. The first-order valence-electron chi connectivity index (χ1n) is 8.98. The van der Waals surface area contributed by atoms with Crippen LogP contribution in [0.4, 0.5) is 0 Å². The van der Waals surface area contributed by atoms with Crippen LogP contribution in [0.25, 0.3) is 0 Å². The minimum atomic E-state index is -3.37. The fraction of sp³-hybridized carbons (Fsp3) is 0.667. The van der Waals surface area contributed by atoms with Gasteiger partial charge < -0.3 is 9.47 Å². The van der Waals surface area contributed by atoms with Gasteiger partial charge in [-0.15, -0.1) is 0 Å². The highest BCUT2D eigenvalue weighted by Gasteiger charge is 2.39. The number of benzene rings is 1. The summed E-state index contributed by atoms with van der Waals surface area (Å²) in [6.07, 6.45) is 2.10. The first-order valence-corrected chi connectivity index (χ1v) is 10.4. The maximum absolute atomic E-state index is 12.6. The maximum Gasteiger partial charge on any atom is 0.281 e. The van der Waals surface area contributed by atoms with E-state index in [1.54, 1.807) is 32.6 Å². The lowest BCUT2D eigenvalue weighted by molar-refractivity contribution is 0.124. The third-order valence-electron chi connectivity index (χ3n) is 5.44. The minimum absolute atomic E-state index is 0.222. The molecule has 4 rings (SSSR count). The minimum Gasteiger partial charge on any atom is -0.493 e. The molecular weight excluding hydrogens is 354 g/mol. The Morgan fingerprint density at radius 3 is 2.54 bits per heavy atom. The van der Waals surface area contributed by atoms with Crippen LogP contribution in [0.3, 0.4) is 0 Å². The van der Waals surface area contributed by atoms with E-state index in [1.165, 1.54) is 4.31 Å². The van der Waals surface area contributed by atoms with Crippen LogP contribution < -0.4 is 9.47 Å². The lowest BCUT2D eigenvalue weighted by Gasteiger charge is -2.36. The Kier molecular flexibility index (Phi) is 5.76. The number of para-hydroxylation sites is 1. The van der Waals surface area contributed by atoms with E-state index in [0.717, 1.165) is 43.0 Å². The molecule has 3 fully saturated rings. The molecule has 2 atom stereocenters. The van der Waals surface area contributed by atoms with Crippen molar-refractivity contribution >= 4 is 10.2 Å². The van der Waals surface area contributed by atoms with Crippen molar-refractivity contribution in [3.05, 3.63) is 23.8 Å². The molecule has 26 heavy (non-hydrogen) atoms. The van der Waals surface area contributed by atoms with Gasteiger partial charge in [-0.25, -0.2) is 0 Å². The molecule has 3 aliphatic heterocycles. The second-order valence-electron chi connectivity index (χ2n) is 7.29. The van der Waals surface area contributed by atoms with Crippen molar-refractivity contribution in [3.8, 4) is 11.5 Å². The van der Waals surface area contributed by atoms with Gasteiger partial charge in [0, 0.05) is 51.9 Å². The Bertz CT molecular complexity index is 738. The number of piperidine rings is 1. The SMILES string of the molecule is COc1cccc(CN2C[C@@H]3CC[C@H]2CN(S(=O)(=O)N(C)C)C3)c1OC. The molecule has 0 unspecified atom stereocenters. The maximum atomic E-state index is 12.6. The molecule has 0 aliphatic carbocycles. The Balaban J connectivity index is 1.82. The van der Waals surface area contributed by atoms with Gasteiger partial charge in [0.15, 0.2) is 11.5 Å². The highest BCUT2D eigenvalue weighted by Crippen LogP contribution is 2.35. The van der Waals surface area contributed by atoms with Crippen molar-refractivity contribution in [1.29, 1.82) is 0 Å². The van der Waals surface area contributed by atoms with Crippen molar-refractivity contribution < 1.29 is 17.9 Å². The molecule has 0 spiro atoms. The molecule has 3 aliphatic rings. The van der Waals surface area contributed by atoms with E-state index in [4.69, 9.17) is 9.47 Å². The van der Waals surface area contributed by atoms with Crippen LogP contribution in [0.2, 0.25) is 0 Å². The second kappa shape index (κ2) is 7.72. The zero-order chi connectivity index (χ0) is 18.9. The normalized spacial score (nSPS) is 24.7. The van der Waals surface area contributed by atoms with Gasteiger partial charge in [-0.1, -0.05) is 12.1 Å². The highest BCUT2D eigenvalue weighted by molar-refractivity contribution is 7.86. The summed E-state index contributed by atoms with van der Waals surface area (Å²) in [5.74, 6) is 1.84. The largest absolute Gasteiger partial charge is 0.493 e. The first-order chi connectivity index (χ1) is 12.4. The smallest absolute Gasteiger partial charge is 0.281 e. The number of methoxy groups -OCH3 is 2. The molecular formula is C18H29N3O4S. The first kappa shape index (κ1) is 19.4. The summed E-state index contributed by atoms with van der Waals surface area (Å²) in [6.45, 7) is 2.79. The summed E-state index contributed by atoms with van der Waals surface area (Å²) in [7, 11) is 3.12. The fourth-order valence-electron chi connectivity index (χ4n) is 4.05. The highest BCUT2D eigenvalue weighted by atomic mass is 32.2. The van der Waals surface area contributed by atoms with Gasteiger partial charge in [0.2, 0.25) is 0 Å². The van der Waals surface area contributed by atoms with E-state index >= 15 is 0 Å². The number of nitrogens with zero attached hydrogens (tertiary/aromatic N) is 3. The van der Waals surface area contributed by atoms with Crippen molar-refractivity contribution in [2.24, 2.45) is 5.92 Å². The van der Waals surface area contributed by atoms with Crippen molar-refractivity contribution in [3.63, 3.8) is 0 Å². The molecule has 8 heteroatoms. The Labute approximate surface area is 156 Å². The second-order valence-corrected chi connectivity index (χ2v) is 9.43. The molecule has 1 aromatic rings.